The third-order valence-electron chi connectivity index (χ3n) is 5.29. The Labute approximate surface area is 210 Å². The summed E-state index contributed by atoms with van der Waals surface area (Å²) in [7, 11) is -6.00. The van der Waals surface area contributed by atoms with Gasteiger partial charge in [-0.05, 0) is 48.5 Å². The molecule has 0 aliphatic carbocycles. The van der Waals surface area contributed by atoms with E-state index in [1.807, 2.05) is 60.7 Å². The van der Waals surface area contributed by atoms with Crippen LogP contribution in [0, 0.1) is 7.14 Å². The smallest absolute Gasteiger partial charge is 0.456 e. The molecule has 0 saturated heterocycles. The topological polar surface area (TPSA) is 60.4 Å². The number of benzene rings is 4. The van der Waals surface area contributed by atoms with Crippen LogP contribution in [0.1, 0.15) is 0 Å². The van der Waals surface area contributed by atoms with E-state index in [0.717, 1.165) is 7.14 Å². The molecule has 4 nitrogen and oxygen atoms in total. The summed E-state index contributed by atoms with van der Waals surface area (Å²) in [5.74, 6) is 0. The summed E-state index contributed by atoms with van der Waals surface area (Å²) in [4.78, 5) is 25.9. The van der Waals surface area contributed by atoms with Gasteiger partial charge in [0.05, 0.1) is 21.5 Å². The van der Waals surface area contributed by atoms with Crippen LogP contribution >= 0.6 is 0 Å². The molecular weight excluding hydrogens is 590 g/mol. The third kappa shape index (κ3) is 4.99. The molecule has 2 aromatic heterocycles. The van der Waals surface area contributed by atoms with Crippen LogP contribution in [0.15, 0.2) is 103 Å². The molecule has 180 valence electrons. The molecule has 6 aromatic rings. The predicted molar refractivity (Wildman–Crippen MR) is 128 cm³/mol. The fourth-order valence-electron chi connectivity index (χ4n) is 3.79. The summed E-state index contributed by atoms with van der Waals surface area (Å²) in [6.45, 7) is 0. The van der Waals surface area contributed by atoms with Crippen molar-refractivity contribution in [3.63, 3.8) is 0 Å². The van der Waals surface area contributed by atoms with Gasteiger partial charge in [0.1, 0.15) is 22.3 Å². The molecule has 0 atom stereocenters. The Bertz CT molecular complexity index is 1740. The van der Waals surface area contributed by atoms with Gasteiger partial charge >= 0.3 is 28.5 Å². The first-order chi connectivity index (χ1) is 17.2. The van der Waals surface area contributed by atoms with Gasteiger partial charge in [0.25, 0.3) is 0 Å². The number of hydrogen-bond acceptors (Lipinski definition) is 4. The Morgan fingerprint density at radius 2 is 0.889 bits per heavy atom. The minimum atomic E-state index is -6.00. The highest BCUT2D eigenvalue weighted by Gasteiger charge is 2.21. The van der Waals surface area contributed by atoms with E-state index in [0.29, 0.717) is 43.9 Å². The molecule has 0 spiro atoms. The molecule has 4 aromatic carbocycles. The van der Waals surface area contributed by atoms with Gasteiger partial charge in [0, 0.05) is 12.1 Å². The number of rotatable bonds is 2. The van der Waals surface area contributed by atoms with Crippen molar-refractivity contribution >= 4 is 51.1 Å². The average Bonchev–Trinajstić information content (AvgIpc) is 2.84. The number of fused-ring (bicyclic) bond motifs is 4. The van der Waals surface area contributed by atoms with Crippen LogP contribution in [0.2, 0.25) is 0 Å². The van der Waals surface area contributed by atoms with E-state index >= 15 is 0 Å². The van der Waals surface area contributed by atoms with Gasteiger partial charge in [-0.25, -0.2) is 0 Å². The third-order valence-corrected chi connectivity index (χ3v) is 7.88. The highest BCUT2D eigenvalue weighted by molar-refractivity contribution is 6.50. The van der Waals surface area contributed by atoms with Crippen molar-refractivity contribution in [1.82, 2.24) is 0 Å². The van der Waals surface area contributed by atoms with E-state index in [2.05, 4.69) is 0 Å². The van der Waals surface area contributed by atoms with Crippen LogP contribution in [0.25, 0.3) is 43.9 Å². The summed E-state index contributed by atoms with van der Waals surface area (Å²) < 4.78 is 53.0. The summed E-state index contributed by atoms with van der Waals surface area (Å²) >= 11 is -0.596. The summed E-state index contributed by atoms with van der Waals surface area (Å²) in [5.41, 5.74) is 2.32. The fraction of sp³-hybridized carbons (Fsp3) is 0. The zero-order valence-electron chi connectivity index (χ0n) is 18.2. The molecule has 6 rings (SSSR count). The van der Waals surface area contributed by atoms with Crippen molar-refractivity contribution in [3.8, 4) is 0 Å². The van der Waals surface area contributed by atoms with Crippen LogP contribution in [-0.2, 0) is 0 Å². The van der Waals surface area contributed by atoms with Gasteiger partial charge in [0.15, 0.2) is 7.14 Å². The molecule has 0 amide bonds. The van der Waals surface area contributed by atoms with Gasteiger partial charge in [-0.2, -0.15) is 0 Å². The van der Waals surface area contributed by atoms with Gasteiger partial charge < -0.3 is 26.1 Å². The summed E-state index contributed by atoms with van der Waals surface area (Å²) in [5, 5.41) is 2.34. The first-order valence-electron chi connectivity index (χ1n) is 10.6. The summed E-state index contributed by atoms with van der Waals surface area (Å²) in [6, 6.07) is 26.2. The maximum Gasteiger partial charge on any atom is 0.673 e. The second-order valence-electron chi connectivity index (χ2n) is 7.73. The molecule has 0 unspecified atom stereocenters. The van der Waals surface area contributed by atoms with Crippen LogP contribution in [0.4, 0.5) is 17.3 Å². The fourth-order valence-corrected chi connectivity index (χ4v) is 6.17. The Kier molecular flexibility index (Phi) is 6.29. The Hall–Kier alpha value is -3.67. The van der Waals surface area contributed by atoms with Crippen molar-refractivity contribution in [1.29, 1.82) is 0 Å². The SMILES string of the molecule is F[B-](F)(F)F.O=c1c2ccccc2oc2ccc([I+]c3ccc4oc5ccccc5c(=O)c4c3)cc12. The summed E-state index contributed by atoms with van der Waals surface area (Å²) in [6.07, 6.45) is 0. The lowest BCUT2D eigenvalue weighted by atomic mass is 10.1. The van der Waals surface area contributed by atoms with Gasteiger partial charge in [-0.15, -0.1) is 0 Å². The standard InChI is InChI=1S/C26H14IO4.BF4/c28-25-17-5-1-3-7-21(17)30-23-11-9-15(13-19(23)25)27-16-10-12-24-20(14-16)26(29)18-6-2-4-8-22(18)31-24;2-1(3,4)5/h1-14H;/q+1;-1. The molecule has 0 aliphatic heterocycles. The molecule has 0 aliphatic rings. The van der Waals surface area contributed by atoms with E-state index < -0.39 is 28.5 Å². The molecule has 10 heteroatoms. The molecule has 0 bridgehead atoms. The molecule has 0 N–H and O–H groups in total. The quantitative estimate of drug-likeness (QED) is 0.131. The minimum absolute atomic E-state index is 0.0201. The van der Waals surface area contributed by atoms with E-state index in [4.69, 9.17) is 8.83 Å². The average molecular weight is 604 g/mol. The second kappa shape index (κ2) is 9.42. The first-order valence-corrected chi connectivity index (χ1v) is 12.8. The van der Waals surface area contributed by atoms with E-state index in [1.54, 1.807) is 24.3 Å². The van der Waals surface area contributed by atoms with Crippen LogP contribution in [0.3, 0.4) is 0 Å². The van der Waals surface area contributed by atoms with Crippen molar-refractivity contribution < 1.29 is 47.3 Å². The number of halogens is 5. The maximum absolute atomic E-state index is 12.9. The van der Waals surface area contributed by atoms with E-state index in [9.17, 15) is 26.9 Å². The molecular formula is C26H14BF4IO4. The number of para-hydroxylation sites is 2. The van der Waals surface area contributed by atoms with Gasteiger partial charge in [-0.1, -0.05) is 24.3 Å². The lowest BCUT2D eigenvalue weighted by Crippen LogP contribution is -3.61. The van der Waals surface area contributed by atoms with Crippen LogP contribution in [0.5, 0.6) is 0 Å². The number of hydrogen-bond donors (Lipinski definition) is 0. The van der Waals surface area contributed by atoms with Crippen LogP contribution in [-0.4, -0.2) is 7.25 Å². The van der Waals surface area contributed by atoms with Gasteiger partial charge in [-0.3, -0.25) is 9.59 Å². The van der Waals surface area contributed by atoms with Crippen molar-refractivity contribution in [2.45, 2.75) is 0 Å². The van der Waals surface area contributed by atoms with Crippen molar-refractivity contribution in [3.05, 3.63) is 113 Å². The van der Waals surface area contributed by atoms with E-state index in [-0.39, 0.29) is 10.9 Å². The molecule has 36 heavy (non-hydrogen) atoms. The first kappa shape index (κ1) is 24.0. The molecule has 0 saturated carbocycles. The maximum atomic E-state index is 12.9. The van der Waals surface area contributed by atoms with Crippen molar-refractivity contribution in [2.75, 3.05) is 0 Å². The largest absolute Gasteiger partial charge is 0.673 e. The highest BCUT2D eigenvalue weighted by Crippen LogP contribution is 2.19. The lowest BCUT2D eigenvalue weighted by Gasteiger charge is -2.01. The highest BCUT2D eigenvalue weighted by atomic mass is 127. The zero-order chi connectivity index (χ0) is 25.4. The molecule has 2 heterocycles. The normalized spacial score (nSPS) is 11.7. The Morgan fingerprint density at radius 1 is 0.528 bits per heavy atom. The van der Waals surface area contributed by atoms with E-state index in [1.165, 1.54) is 0 Å². The Morgan fingerprint density at radius 3 is 1.31 bits per heavy atom. The van der Waals surface area contributed by atoms with Crippen molar-refractivity contribution in [2.24, 2.45) is 0 Å². The minimum Gasteiger partial charge on any atom is -0.456 e. The zero-order valence-corrected chi connectivity index (χ0v) is 20.3. The van der Waals surface area contributed by atoms with Gasteiger partial charge in [0.2, 0.25) is 10.9 Å². The molecule has 0 fully saturated rings. The second-order valence-corrected chi connectivity index (χ2v) is 10.8. The van der Waals surface area contributed by atoms with Crippen LogP contribution < -0.4 is 32.1 Å². The monoisotopic (exact) mass is 604 g/mol. The Balaban J connectivity index is 0.000000489. The predicted octanol–water partition coefficient (Wildman–Crippen LogP) is 3.63. The lowest BCUT2D eigenvalue weighted by molar-refractivity contribution is -0.597. The molecule has 0 radical (unpaired) electrons.